The molecule has 1 aromatic carbocycles. The van der Waals surface area contributed by atoms with Gasteiger partial charge in [-0.2, -0.15) is 0 Å². The molecule has 1 aliphatic rings. The van der Waals surface area contributed by atoms with E-state index in [-0.39, 0.29) is 11.9 Å². The lowest BCUT2D eigenvalue weighted by molar-refractivity contribution is -0.124. The summed E-state index contributed by atoms with van der Waals surface area (Å²) in [5.74, 6) is -0.732. The van der Waals surface area contributed by atoms with E-state index in [9.17, 15) is 14.7 Å². The first-order chi connectivity index (χ1) is 11.7. The number of aliphatic hydroxyl groups excluding tert-OH is 1. The van der Waals surface area contributed by atoms with Crippen LogP contribution in [0.15, 0.2) is 24.5 Å². The Bertz CT molecular complexity index is 721. The highest BCUT2D eigenvalue weighted by Gasteiger charge is 2.24. The molecule has 4 N–H and O–H groups in total. The summed E-state index contributed by atoms with van der Waals surface area (Å²) in [6.45, 7) is -0.434. The van der Waals surface area contributed by atoms with E-state index >= 15 is 0 Å². The molecule has 0 aliphatic heterocycles. The lowest BCUT2D eigenvalue weighted by atomic mass is 9.95. The summed E-state index contributed by atoms with van der Waals surface area (Å²) in [5, 5.41) is 15.0. The van der Waals surface area contributed by atoms with E-state index in [0.717, 1.165) is 36.7 Å². The summed E-state index contributed by atoms with van der Waals surface area (Å²) in [7, 11) is 0. The SMILES string of the molecule is O=C(NC(CO)C(=O)NC1CCCCC1)c1ccc2nc[nH]c2c1. The van der Waals surface area contributed by atoms with Gasteiger partial charge >= 0.3 is 0 Å². The van der Waals surface area contributed by atoms with Crippen molar-refractivity contribution < 1.29 is 14.7 Å². The van der Waals surface area contributed by atoms with Gasteiger partial charge in [0.2, 0.25) is 5.91 Å². The second-order valence-electron chi connectivity index (χ2n) is 6.19. The number of nitrogens with one attached hydrogen (secondary N) is 3. The molecule has 1 saturated carbocycles. The monoisotopic (exact) mass is 330 g/mol. The van der Waals surface area contributed by atoms with Gasteiger partial charge in [-0.25, -0.2) is 4.98 Å². The number of aromatic nitrogens is 2. The van der Waals surface area contributed by atoms with Crippen molar-refractivity contribution in [3.63, 3.8) is 0 Å². The highest BCUT2D eigenvalue weighted by molar-refractivity contribution is 5.99. The molecule has 1 heterocycles. The Balaban J connectivity index is 1.62. The fourth-order valence-corrected chi connectivity index (χ4v) is 3.06. The smallest absolute Gasteiger partial charge is 0.252 e. The normalized spacial score (nSPS) is 16.7. The molecule has 3 rings (SSSR count). The third kappa shape index (κ3) is 3.73. The van der Waals surface area contributed by atoms with E-state index in [1.165, 1.54) is 6.42 Å². The van der Waals surface area contributed by atoms with Crippen molar-refractivity contribution in [1.82, 2.24) is 20.6 Å². The molecule has 1 aromatic heterocycles. The van der Waals surface area contributed by atoms with E-state index in [1.807, 2.05) is 0 Å². The van der Waals surface area contributed by atoms with Gasteiger partial charge in [0.1, 0.15) is 6.04 Å². The lowest BCUT2D eigenvalue weighted by Gasteiger charge is -2.25. The summed E-state index contributed by atoms with van der Waals surface area (Å²) in [4.78, 5) is 31.7. The van der Waals surface area contributed by atoms with E-state index < -0.39 is 18.6 Å². The molecule has 2 amide bonds. The third-order valence-corrected chi connectivity index (χ3v) is 4.44. The van der Waals surface area contributed by atoms with Crippen LogP contribution in [0, 0.1) is 0 Å². The Hall–Kier alpha value is -2.41. The first kappa shape index (κ1) is 16.4. The Morgan fingerprint density at radius 1 is 1.29 bits per heavy atom. The molecule has 0 bridgehead atoms. The average Bonchev–Trinajstić information content (AvgIpc) is 3.07. The molecule has 0 saturated heterocycles. The molecule has 1 atom stereocenters. The fraction of sp³-hybridized carbons (Fsp3) is 0.471. The van der Waals surface area contributed by atoms with Gasteiger partial charge in [-0.05, 0) is 31.0 Å². The van der Waals surface area contributed by atoms with E-state index in [4.69, 9.17) is 0 Å². The van der Waals surface area contributed by atoms with Crippen LogP contribution >= 0.6 is 0 Å². The standard InChI is InChI=1S/C17H22N4O3/c22-9-15(17(24)20-12-4-2-1-3-5-12)21-16(23)11-6-7-13-14(8-11)19-10-18-13/h6-8,10,12,15,22H,1-5,9H2,(H,18,19)(H,20,24)(H,21,23). The molecule has 0 radical (unpaired) electrons. The topological polar surface area (TPSA) is 107 Å². The molecule has 128 valence electrons. The first-order valence-corrected chi connectivity index (χ1v) is 8.32. The number of benzene rings is 1. The number of hydrogen-bond acceptors (Lipinski definition) is 4. The van der Waals surface area contributed by atoms with Gasteiger partial charge in [0.05, 0.1) is 24.0 Å². The van der Waals surface area contributed by atoms with Crippen molar-refractivity contribution in [2.75, 3.05) is 6.61 Å². The van der Waals surface area contributed by atoms with Crippen LogP contribution in [0.25, 0.3) is 11.0 Å². The van der Waals surface area contributed by atoms with Crippen molar-refractivity contribution in [3.05, 3.63) is 30.1 Å². The number of carbonyl (C=O) groups is 2. The number of rotatable bonds is 5. The predicted octanol–water partition coefficient (Wildman–Crippen LogP) is 1.10. The fourth-order valence-electron chi connectivity index (χ4n) is 3.06. The Kier molecular flexibility index (Phi) is 5.10. The number of carbonyl (C=O) groups excluding carboxylic acids is 2. The van der Waals surface area contributed by atoms with E-state index in [0.29, 0.717) is 5.56 Å². The van der Waals surface area contributed by atoms with Gasteiger partial charge in [0, 0.05) is 11.6 Å². The van der Waals surface area contributed by atoms with Crippen LogP contribution < -0.4 is 10.6 Å². The number of fused-ring (bicyclic) bond motifs is 1. The van der Waals surface area contributed by atoms with Crippen molar-refractivity contribution in [2.24, 2.45) is 0 Å². The second kappa shape index (κ2) is 7.44. The Labute approximate surface area is 139 Å². The van der Waals surface area contributed by atoms with Crippen molar-refractivity contribution in [3.8, 4) is 0 Å². The van der Waals surface area contributed by atoms with E-state index in [2.05, 4.69) is 20.6 Å². The maximum Gasteiger partial charge on any atom is 0.252 e. The molecule has 24 heavy (non-hydrogen) atoms. The number of amides is 2. The number of aliphatic hydroxyl groups is 1. The summed E-state index contributed by atoms with van der Waals surface area (Å²) >= 11 is 0. The van der Waals surface area contributed by atoms with Gasteiger partial charge < -0.3 is 20.7 Å². The van der Waals surface area contributed by atoms with Gasteiger partial charge in [0.25, 0.3) is 5.91 Å². The molecule has 1 fully saturated rings. The Morgan fingerprint density at radius 2 is 2.08 bits per heavy atom. The molecule has 1 aliphatic carbocycles. The molecule has 1 unspecified atom stereocenters. The van der Waals surface area contributed by atoms with Crippen LogP contribution in [-0.2, 0) is 4.79 Å². The van der Waals surface area contributed by atoms with Crippen LogP contribution in [0.1, 0.15) is 42.5 Å². The zero-order chi connectivity index (χ0) is 16.9. The van der Waals surface area contributed by atoms with Crippen LogP contribution in [0.2, 0.25) is 0 Å². The largest absolute Gasteiger partial charge is 0.394 e. The van der Waals surface area contributed by atoms with Crippen LogP contribution in [-0.4, -0.2) is 45.6 Å². The maximum atomic E-state index is 12.3. The molecule has 7 nitrogen and oxygen atoms in total. The van der Waals surface area contributed by atoms with Gasteiger partial charge in [-0.3, -0.25) is 9.59 Å². The van der Waals surface area contributed by atoms with Crippen molar-refractivity contribution >= 4 is 22.8 Å². The molecule has 7 heteroatoms. The van der Waals surface area contributed by atoms with E-state index in [1.54, 1.807) is 24.5 Å². The number of nitrogens with zero attached hydrogens (tertiary/aromatic N) is 1. The minimum atomic E-state index is -0.947. The average molecular weight is 330 g/mol. The third-order valence-electron chi connectivity index (χ3n) is 4.44. The van der Waals surface area contributed by atoms with Crippen molar-refractivity contribution in [1.29, 1.82) is 0 Å². The molecular formula is C17H22N4O3. The number of H-pyrrole nitrogens is 1. The minimum Gasteiger partial charge on any atom is -0.394 e. The molecule has 2 aromatic rings. The summed E-state index contributed by atoms with van der Waals surface area (Å²) < 4.78 is 0. The predicted molar refractivity (Wildman–Crippen MR) is 89.4 cm³/mol. The zero-order valence-electron chi connectivity index (χ0n) is 13.4. The Morgan fingerprint density at radius 3 is 2.83 bits per heavy atom. The summed E-state index contributed by atoms with van der Waals surface area (Å²) in [5.41, 5.74) is 1.92. The van der Waals surface area contributed by atoms with Crippen LogP contribution in [0.5, 0.6) is 0 Å². The highest BCUT2D eigenvalue weighted by Crippen LogP contribution is 2.17. The quantitative estimate of drug-likeness (QED) is 0.658. The number of hydrogen-bond donors (Lipinski definition) is 4. The maximum absolute atomic E-state index is 12.3. The number of aromatic amines is 1. The minimum absolute atomic E-state index is 0.138. The molecule has 0 spiro atoms. The van der Waals surface area contributed by atoms with Crippen molar-refractivity contribution in [2.45, 2.75) is 44.2 Å². The summed E-state index contributed by atoms with van der Waals surface area (Å²) in [6.07, 6.45) is 6.86. The van der Waals surface area contributed by atoms with Crippen LogP contribution in [0.3, 0.4) is 0 Å². The summed E-state index contributed by atoms with van der Waals surface area (Å²) in [6, 6.07) is 4.24. The highest BCUT2D eigenvalue weighted by atomic mass is 16.3. The lowest BCUT2D eigenvalue weighted by Crippen LogP contribution is -2.51. The number of imidazole rings is 1. The second-order valence-corrected chi connectivity index (χ2v) is 6.19. The van der Waals surface area contributed by atoms with Gasteiger partial charge in [-0.1, -0.05) is 19.3 Å². The first-order valence-electron chi connectivity index (χ1n) is 8.32. The van der Waals surface area contributed by atoms with Gasteiger partial charge in [-0.15, -0.1) is 0 Å². The van der Waals surface area contributed by atoms with Crippen LogP contribution in [0.4, 0.5) is 0 Å². The zero-order valence-corrected chi connectivity index (χ0v) is 13.4. The van der Waals surface area contributed by atoms with Gasteiger partial charge in [0.15, 0.2) is 0 Å². The molecular weight excluding hydrogens is 308 g/mol.